The Morgan fingerprint density at radius 2 is 2.10 bits per heavy atom. The highest BCUT2D eigenvalue weighted by Gasteiger charge is 2.52. The van der Waals surface area contributed by atoms with Crippen LogP contribution in [0.3, 0.4) is 0 Å². The molecule has 0 saturated heterocycles. The first kappa shape index (κ1) is 14.2. The third-order valence-electron chi connectivity index (χ3n) is 6.49. The summed E-state index contributed by atoms with van der Waals surface area (Å²) in [5.41, 5.74) is -0.300. The highest BCUT2D eigenvalue weighted by atomic mass is 16.6. The first-order chi connectivity index (χ1) is 9.56. The van der Waals surface area contributed by atoms with Crippen LogP contribution < -0.4 is 0 Å². The van der Waals surface area contributed by atoms with E-state index in [1.54, 1.807) is 0 Å². The second-order valence-corrected chi connectivity index (χ2v) is 7.35. The van der Waals surface area contributed by atoms with Gasteiger partial charge in [-0.2, -0.15) is 0 Å². The molecule has 3 rings (SSSR count). The number of ether oxygens (including phenoxy) is 1. The van der Waals surface area contributed by atoms with Gasteiger partial charge in [0, 0.05) is 0 Å². The van der Waals surface area contributed by atoms with E-state index >= 15 is 0 Å². The third-order valence-corrected chi connectivity index (χ3v) is 6.49. The fraction of sp³-hybridized carbons (Fsp3) is 0.833. The van der Waals surface area contributed by atoms with Gasteiger partial charge in [-0.25, -0.2) is 0 Å². The van der Waals surface area contributed by atoms with Crippen molar-refractivity contribution in [1.82, 2.24) is 0 Å². The van der Waals surface area contributed by atoms with Crippen LogP contribution in [0.25, 0.3) is 0 Å². The van der Waals surface area contributed by atoms with E-state index in [1.165, 1.54) is 6.42 Å². The molecular weight excluding hydrogens is 248 g/mol. The van der Waals surface area contributed by atoms with Gasteiger partial charge in [-0.15, -0.1) is 0 Å². The van der Waals surface area contributed by atoms with Crippen molar-refractivity contribution in [3.63, 3.8) is 0 Å². The average Bonchev–Trinajstić information content (AvgIpc) is 3.01. The van der Waals surface area contributed by atoms with Gasteiger partial charge in [0.05, 0.1) is 5.92 Å². The summed E-state index contributed by atoms with van der Waals surface area (Å²) < 4.78 is 6.02. The zero-order chi connectivity index (χ0) is 14.3. The number of hydrogen-bond acceptors (Lipinski definition) is 2. The van der Waals surface area contributed by atoms with Gasteiger partial charge < -0.3 is 4.74 Å². The van der Waals surface area contributed by atoms with Crippen LogP contribution in [0.4, 0.5) is 0 Å². The van der Waals surface area contributed by atoms with E-state index < -0.39 is 0 Å². The Balaban J connectivity index is 1.68. The number of carbonyl (C=O) groups is 1. The first-order valence-corrected chi connectivity index (χ1v) is 8.47. The molecule has 0 aromatic heterocycles. The minimum absolute atomic E-state index is 0.0876. The van der Waals surface area contributed by atoms with E-state index in [-0.39, 0.29) is 17.5 Å². The van der Waals surface area contributed by atoms with Crippen molar-refractivity contribution < 1.29 is 9.53 Å². The first-order valence-electron chi connectivity index (χ1n) is 8.47. The molecule has 0 aliphatic heterocycles. The van der Waals surface area contributed by atoms with E-state index in [0.717, 1.165) is 43.9 Å². The van der Waals surface area contributed by atoms with E-state index in [2.05, 4.69) is 32.9 Å². The van der Waals surface area contributed by atoms with Gasteiger partial charge in [-0.1, -0.05) is 26.8 Å². The largest absolute Gasteiger partial charge is 0.455 e. The van der Waals surface area contributed by atoms with E-state index in [0.29, 0.717) is 11.8 Å². The minimum atomic E-state index is -0.300. The van der Waals surface area contributed by atoms with Crippen molar-refractivity contribution in [2.75, 3.05) is 0 Å². The highest BCUT2D eigenvalue weighted by Crippen LogP contribution is 2.55. The summed E-state index contributed by atoms with van der Waals surface area (Å²) >= 11 is 0. The fourth-order valence-corrected chi connectivity index (χ4v) is 4.84. The Hall–Kier alpha value is -0.790. The molecule has 3 aliphatic rings. The maximum absolute atomic E-state index is 12.7. The predicted molar refractivity (Wildman–Crippen MR) is 80.1 cm³/mol. The van der Waals surface area contributed by atoms with Crippen molar-refractivity contribution in [2.24, 2.45) is 29.6 Å². The molecule has 6 atom stereocenters. The lowest BCUT2D eigenvalue weighted by Gasteiger charge is -2.36. The van der Waals surface area contributed by atoms with E-state index in [9.17, 15) is 4.79 Å². The van der Waals surface area contributed by atoms with Gasteiger partial charge in [0.25, 0.3) is 0 Å². The van der Waals surface area contributed by atoms with Crippen LogP contribution in [0.2, 0.25) is 0 Å². The molecule has 6 unspecified atom stereocenters. The number of carbonyl (C=O) groups excluding carboxylic acids is 1. The molecule has 112 valence electrons. The standard InChI is InChI=1S/C18H28O2/c1-4-18(8-6-5-7-9-18)20-17(19)16-11-14-10-15(16)13(3)12(14)2/h6,8,12-16H,4-5,7,9-11H2,1-3H3. The van der Waals surface area contributed by atoms with Crippen molar-refractivity contribution >= 4 is 5.97 Å². The summed E-state index contributed by atoms with van der Waals surface area (Å²) in [7, 11) is 0. The molecular formula is C18H28O2. The summed E-state index contributed by atoms with van der Waals surface area (Å²) in [4.78, 5) is 12.7. The SMILES string of the molecule is CCC1(OC(=O)C2CC3CC2C(C)C3C)C=CCCC1. The van der Waals surface area contributed by atoms with Gasteiger partial charge in [0.1, 0.15) is 5.60 Å². The monoisotopic (exact) mass is 276 g/mol. The average molecular weight is 276 g/mol. The van der Waals surface area contributed by atoms with Crippen LogP contribution in [0.5, 0.6) is 0 Å². The number of allylic oxidation sites excluding steroid dienone is 1. The normalized spacial score (nSPS) is 46.6. The topological polar surface area (TPSA) is 26.3 Å². The number of rotatable bonds is 3. The molecule has 2 saturated carbocycles. The predicted octanol–water partition coefficient (Wildman–Crippen LogP) is 4.35. The van der Waals surface area contributed by atoms with Crippen molar-refractivity contribution in [3.05, 3.63) is 12.2 Å². The van der Waals surface area contributed by atoms with Gasteiger partial charge in [0.2, 0.25) is 0 Å². The Kier molecular flexibility index (Phi) is 3.68. The van der Waals surface area contributed by atoms with Crippen LogP contribution in [0.1, 0.15) is 59.3 Å². The quantitative estimate of drug-likeness (QED) is 0.566. The fourth-order valence-electron chi connectivity index (χ4n) is 4.84. The lowest BCUT2D eigenvalue weighted by atomic mass is 9.75. The Bertz CT molecular complexity index is 412. The second kappa shape index (κ2) is 5.20. The molecule has 0 aromatic carbocycles. The highest BCUT2D eigenvalue weighted by molar-refractivity contribution is 5.74. The lowest BCUT2D eigenvalue weighted by Crippen LogP contribution is -2.39. The number of esters is 1. The zero-order valence-electron chi connectivity index (χ0n) is 13.1. The second-order valence-electron chi connectivity index (χ2n) is 7.35. The summed E-state index contributed by atoms with van der Waals surface area (Å²) in [6, 6.07) is 0. The molecule has 2 nitrogen and oxygen atoms in total. The molecule has 0 aromatic rings. The van der Waals surface area contributed by atoms with Crippen LogP contribution in [0, 0.1) is 29.6 Å². The zero-order valence-corrected chi connectivity index (χ0v) is 13.1. The van der Waals surface area contributed by atoms with Gasteiger partial charge in [-0.05, 0) is 68.3 Å². The molecule has 2 heteroatoms. The molecule has 20 heavy (non-hydrogen) atoms. The summed E-state index contributed by atoms with van der Waals surface area (Å²) in [5, 5.41) is 0. The number of fused-ring (bicyclic) bond motifs is 2. The Morgan fingerprint density at radius 3 is 2.65 bits per heavy atom. The Labute approximate surface area is 123 Å². The molecule has 2 bridgehead atoms. The van der Waals surface area contributed by atoms with Crippen LogP contribution in [-0.2, 0) is 9.53 Å². The lowest BCUT2D eigenvalue weighted by molar-refractivity contribution is -0.164. The van der Waals surface area contributed by atoms with Gasteiger partial charge in [-0.3, -0.25) is 4.79 Å². The maximum atomic E-state index is 12.7. The van der Waals surface area contributed by atoms with Gasteiger partial charge >= 0.3 is 5.97 Å². The third kappa shape index (κ3) is 2.21. The molecule has 0 amide bonds. The van der Waals surface area contributed by atoms with Crippen molar-refractivity contribution in [2.45, 2.75) is 64.9 Å². The molecule has 2 fully saturated rings. The molecule has 3 aliphatic carbocycles. The van der Waals surface area contributed by atoms with E-state index in [4.69, 9.17) is 4.74 Å². The van der Waals surface area contributed by atoms with E-state index in [1.807, 2.05) is 0 Å². The van der Waals surface area contributed by atoms with Crippen LogP contribution in [0.15, 0.2) is 12.2 Å². The maximum Gasteiger partial charge on any atom is 0.310 e. The summed E-state index contributed by atoms with van der Waals surface area (Å²) in [6.45, 7) is 6.81. The van der Waals surface area contributed by atoms with Gasteiger partial charge in [0.15, 0.2) is 0 Å². The Morgan fingerprint density at radius 1 is 1.30 bits per heavy atom. The molecule has 0 heterocycles. The molecule has 0 radical (unpaired) electrons. The smallest absolute Gasteiger partial charge is 0.310 e. The van der Waals surface area contributed by atoms with Crippen molar-refractivity contribution in [1.29, 1.82) is 0 Å². The van der Waals surface area contributed by atoms with Crippen LogP contribution >= 0.6 is 0 Å². The molecule has 0 spiro atoms. The molecule has 0 N–H and O–H groups in total. The summed E-state index contributed by atoms with van der Waals surface area (Å²) in [5.74, 6) is 3.06. The van der Waals surface area contributed by atoms with Crippen molar-refractivity contribution in [3.8, 4) is 0 Å². The van der Waals surface area contributed by atoms with Crippen LogP contribution in [-0.4, -0.2) is 11.6 Å². The minimum Gasteiger partial charge on any atom is -0.455 e. The summed E-state index contributed by atoms with van der Waals surface area (Å²) in [6.07, 6.45) is 10.8. The number of hydrogen-bond donors (Lipinski definition) is 0.